The molecule has 2 aromatic carbocycles. The van der Waals surface area contributed by atoms with E-state index in [1.165, 1.54) is 12.1 Å². The van der Waals surface area contributed by atoms with Crippen LogP contribution in [0.4, 0.5) is 5.69 Å². The molecule has 23 heavy (non-hydrogen) atoms. The number of carbonyl (C=O) groups excluding carboxylic acids is 1. The van der Waals surface area contributed by atoms with Crippen molar-refractivity contribution < 1.29 is 13.2 Å². The average Bonchev–Trinajstić information content (AvgIpc) is 2.50. The Balaban J connectivity index is 2.37. The second-order valence-corrected chi connectivity index (χ2v) is 8.74. The highest BCUT2D eigenvalue weighted by Gasteiger charge is 2.21. The van der Waals surface area contributed by atoms with Crippen molar-refractivity contribution >= 4 is 53.3 Å². The molecule has 2 rings (SSSR count). The zero-order valence-electron chi connectivity index (χ0n) is 12.3. The minimum atomic E-state index is -3.48. The molecule has 0 saturated heterocycles. The molecule has 0 heterocycles. The number of sulfone groups is 1. The highest BCUT2D eigenvalue weighted by atomic mass is 79.9. The smallest absolute Gasteiger partial charge is 0.257 e. The molecule has 0 spiro atoms. The molecular formula is C16H15Br2NO3S. The number of nitrogens with one attached hydrogen (secondary N) is 1. The van der Waals surface area contributed by atoms with E-state index in [4.69, 9.17) is 0 Å². The van der Waals surface area contributed by atoms with E-state index in [1.807, 2.05) is 0 Å². The van der Waals surface area contributed by atoms with E-state index in [9.17, 15) is 13.2 Å². The minimum absolute atomic E-state index is 0.0132. The third-order valence-electron chi connectivity index (χ3n) is 3.12. The van der Waals surface area contributed by atoms with Gasteiger partial charge in [-0.05, 0) is 52.7 Å². The van der Waals surface area contributed by atoms with Gasteiger partial charge in [0.05, 0.1) is 21.9 Å². The van der Waals surface area contributed by atoms with Crippen LogP contribution in [0.3, 0.4) is 0 Å². The van der Waals surface area contributed by atoms with Crippen molar-refractivity contribution in [2.45, 2.75) is 18.2 Å². The molecule has 0 aliphatic rings. The Bertz CT molecular complexity index is 835. The summed E-state index contributed by atoms with van der Waals surface area (Å²) in [5.41, 5.74) is 0.719. The van der Waals surface area contributed by atoms with E-state index in [1.54, 1.807) is 37.3 Å². The first kappa shape index (κ1) is 18.2. The van der Waals surface area contributed by atoms with Crippen molar-refractivity contribution in [1.29, 1.82) is 0 Å². The summed E-state index contributed by atoms with van der Waals surface area (Å²) in [6.45, 7) is 1.79. The standard InChI is InChI=1S/C16H15Br2NO3S/c1-2-9-23(21,22)15-6-4-3-5-12(15)16(20)19-14-8-7-11(17)10-13(14)18/h3-8,10H,2,9H2,1H3,(H,19,20). The Morgan fingerprint density at radius 3 is 2.48 bits per heavy atom. The average molecular weight is 461 g/mol. The number of halogens is 2. The molecular weight excluding hydrogens is 446 g/mol. The summed E-state index contributed by atoms with van der Waals surface area (Å²) in [5.74, 6) is -0.442. The number of hydrogen-bond acceptors (Lipinski definition) is 3. The molecule has 7 heteroatoms. The summed E-state index contributed by atoms with van der Waals surface area (Å²) in [6.07, 6.45) is 0.497. The van der Waals surface area contributed by atoms with Gasteiger partial charge in [0.15, 0.2) is 9.84 Å². The van der Waals surface area contributed by atoms with Gasteiger partial charge in [0, 0.05) is 8.95 Å². The number of carbonyl (C=O) groups is 1. The zero-order chi connectivity index (χ0) is 17.0. The summed E-state index contributed by atoms with van der Waals surface area (Å²) in [7, 11) is -3.48. The first-order valence-corrected chi connectivity index (χ1v) is 10.2. The van der Waals surface area contributed by atoms with Gasteiger partial charge in [-0.25, -0.2) is 8.42 Å². The predicted molar refractivity (Wildman–Crippen MR) is 98.6 cm³/mol. The fourth-order valence-electron chi connectivity index (χ4n) is 2.08. The van der Waals surface area contributed by atoms with Crippen LogP contribution in [-0.4, -0.2) is 20.1 Å². The van der Waals surface area contributed by atoms with Gasteiger partial charge in [0.1, 0.15) is 0 Å². The highest BCUT2D eigenvalue weighted by Crippen LogP contribution is 2.27. The summed E-state index contributed by atoms with van der Waals surface area (Å²) in [4.78, 5) is 12.6. The molecule has 0 aromatic heterocycles. The van der Waals surface area contributed by atoms with Crippen LogP contribution in [0.25, 0.3) is 0 Å². The van der Waals surface area contributed by atoms with Crippen molar-refractivity contribution in [2.75, 3.05) is 11.1 Å². The van der Waals surface area contributed by atoms with Gasteiger partial charge >= 0.3 is 0 Å². The first-order valence-electron chi connectivity index (χ1n) is 6.93. The highest BCUT2D eigenvalue weighted by molar-refractivity contribution is 9.11. The van der Waals surface area contributed by atoms with Gasteiger partial charge in [-0.1, -0.05) is 35.0 Å². The Kier molecular flexibility index (Phi) is 6.00. The normalized spacial score (nSPS) is 11.3. The number of amides is 1. The number of anilines is 1. The summed E-state index contributed by atoms with van der Waals surface area (Å²) < 4.78 is 26.2. The quantitative estimate of drug-likeness (QED) is 0.706. The van der Waals surface area contributed by atoms with Gasteiger partial charge < -0.3 is 5.32 Å². The molecule has 122 valence electrons. The Hall–Kier alpha value is -1.18. The maximum Gasteiger partial charge on any atom is 0.257 e. The molecule has 1 N–H and O–H groups in total. The number of rotatable bonds is 5. The van der Waals surface area contributed by atoms with E-state index in [-0.39, 0.29) is 16.2 Å². The van der Waals surface area contributed by atoms with Gasteiger partial charge in [0.2, 0.25) is 0 Å². The Morgan fingerprint density at radius 1 is 1.13 bits per heavy atom. The van der Waals surface area contributed by atoms with Crippen molar-refractivity contribution in [3.05, 3.63) is 57.0 Å². The van der Waals surface area contributed by atoms with Crippen LogP contribution in [0.2, 0.25) is 0 Å². The molecule has 0 atom stereocenters. The molecule has 0 aliphatic carbocycles. The van der Waals surface area contributed by atoms with Crippen LogP contribution in [0.15, 0.2) is 56.3 Å². The lowest BCUT2D eigenvalue weighted by Crippen LogP contribution is -2.18. The summed E-state index contributed by atoms with van der Waals surface area (Å²) in [6, 6.07) is 11.6. The van der Waals surface area contributed by atoms with Crippen molar-refractivity contribution in [2.24, 2.45) is 0 Å². The molecule has 0 unspecified atom stereocenters. The Morgan fingerprint density at radius 2 is 1.83 bits per heavy atom. The van der Waals surface area contributed by atoms with Gasteiger partial charge in [-0.2, -0.15) is 0 Å². The molecule has 4 nitrogen and oxygen atoms in total. The molecule has 0 saturated carbocycles. The SMILES string of the molecule is CCCS(=O)(=O)c1ccccc1C(=O)Nc1ccc(Br)cc1Br. The van der Waals surface area contributed by atoms with Crippen LogP contribution in [0, 0.1) is 0 Å². The number of benzene rings is 2. The van der Waals surface area contributed by atoms with Crippen molar-refractivity contribution in [1.82, 2.24) is 0 Å². The number of hydrogen-bond donors (Lipinski definition) is 1. The van der Waals surface area contributed by atoms with E-state index in [0.29, 0.717) is 16.6 Å². The Labute approximate surface area is 152 Å². The summed E-state index contributed by atoms with van der Waals surface area (Å²) in [5, 5.41) is 2.74. The van der Waals surface area contributed by atoms with Crippen LogP contribution in [0.5, 0.6) is 0 Å². The maximum atomic E-state index is 12.5. The first-order chi connectivity index (χ1) is 10.8. The lowest BCUT2D eigenvalue weighted by molar-refractivity contribution is 0.102. The second-order valence-electron chi connectivity index (χ2n) is 4.89. The fraction of sp³-hybridized carbons (Fsp3) is 0.188. The lowest BCUT2D eigenvalue weighted by Gasteiger charge is -2.11. The third kappa shape index (κ3) is 4.43. The largest absolute Gasteiger partial charge is 0.321 e. The van der Waals surface area contributed by atoms with Crippen LogP contribution in [0.1, 0.15) is 23.7 Å². The van der Waals surface area contributed by atoms with Crippen LogP contribution in [-0.2, 0) is 9.84 Å². The van der Waals surface area contributed by atoms with Gasteiger partial charge in [-0.15, -0.1) is 0 Å². The zero-order valence-corrected chi connectivity index (χ0v) is 16.3. The molecule has 0 fully saturated rings. The van der Waals surface area contributed by atoms with E-state index in [0.717, 1.165) is 4.47 Å². The molecule has 1 amide bonds. The second kappa shape index (κ2) is 7.59. The van der Waals surface area contributed by atoms with E-state index in [2.05, 4.69) is 37.2 Å². The molecule has 0 aliphatic heterocycles. The summed E-state index contributed by atoms with van der Waals surface area (Å²) >= 11 is 6.71. The fourth-order valence-corrected chi connectivity index (χ4v) is 4.77. The minimum Gasteiger partial charge on any atom is -0.321 e. The van der Waals surface area contributed by atoms with Gasteiger partial charge in [-0.3, -0.25) is 4.79 Å². The van der Waals surface area contributed by atoms with Crippen molar-refractivity contribution in [3.63, 3.8) is 0 Å². The third-order valence-corrected chi connectivity index (χ3v) is 6.24. The van der Waals surface area contributed by atoms with E-state index < -0.39 is 15.7 Å². The maximum absolute atomic E-state index is 12.5. The van der Waals surface area contributed by atoms with Gasteiger partial charge in [0.25, 0.3) is 5.91 Å². The van der Waals surface area contributed by atoms with Crippen molar-refractivity contribution in [3.8, 4) is 0 Å². The van der Waals surface area contributed by atoms with E-state index >= 15 is 0 Å². The molecule has 0 radical (unpaired) electrons. The van der Waals surface area contributed by atoms with Crippen LogP contribution >= 0.6 is 31.9 Å². The lowest BCUT2D eigenvalue weighted by atomic mass is 10.2. The predicted octanol–water partition coefficient (Wildman–Crippen LogP) is 4.65. The molecule has 0 bridgehead atoms. The topological polar surface area (TPSA) is 63.2 Å². The monoisotopic (exact) mass is 459 g/mol. The molecule has 2 aromatic rings. The van der Waals surface area contributed by atoms with Crippen LogP contribution < -0.4 is 5.32 Å².